The predicted molar refractivity (Wildman–Crippen MR) is 120 cm³/mol. The molecule has 0 saturated carbocycles. The lowest BCUT2D eigenvalue weighted by Gasteiger charge is -2.12. The number of thioether (sulfide) groups is 1. The molecule has 5 nitrogen and oxygen atoms in total. The van der Waals surface area contributed by atoms with E-state index in [1.807, 2.05) is 48.2 Å². The Hall–Kier alpha value is -3.51. The molecule has 0 aliphatic carbocycles. The van der Waals surface area contributed by atoms with Gasteiger partial charge in [0.2, 0.25) is 5.89 Å². The number of nitrogens with one attached hydrogen (secondary N) is 1. The number of hydrogen-bond donors (Lipinski definition) is 1. The highest BCUT2D eigenvalue weighted by Gasteiger charge is 2.19. The van der Waals surface area contributed by atoms with E-state index < -0.39 is 5.76 Å². The zero-order valence-electron chi connectivity index (χ0n) is 16.3. The molecule has 1 N–H and O–H groups in total. The van der Waals surface area contributed by atoms with E-state index in [4.69, 9.17) is 4.42 Å². The molecule has 0 amide bonds. The van der Waals surface area contributed by atoms with Crippen LogP contribution in [0.4, 0.5) is 5.69 Å². The van der Waals surface area contributed by atoms with Gasteiger partial charge in [0, 0.05) is 17.5 Å². The Morgan fingerprint density at radius 2 is 1.70 bits per heavy atom. The van der Waals surface area contributed by atoms with E-state index in [-0.39, 0.29) is 5.25 Å². The summed E-state index contributed by atoms with van der Waals surface area (Å²) in [7, 11) is 0. The van der Waals surface area contributed by atoms with Crippen LogP contribution in [0.3, 0.4) is 0 Å². The average molecular weight is 414 g/mol. The van der Waals surface area contributed by atoms with E-state index in [0.717, 1.165) is 16.9 Å². The fourth-order valence-electron chi connectivity index (χ4n) is 3.47. The molecular formula is C24H19N3O2S. The smallest absolute Gasteiger partial charge is 0.392 e. The van der Waals surface area contributed by atoms with Crippen molar-refractivity contribution in [3.63, 3.8) is 0 Å². The minimum atomic E-state index is -0.485. The lowest BCUT2D eigenvalue weighted by Crippen LogP contribution is -2.13. The van der Waals surface area contributed by atoms with Gasteiger partial charge in [-0.2, -0.15) is 4.68 Å². The third kappa shape index (κ3) is 3.57. The Balaban J connectivity index is 1.55. The molecule has 0 radical (unpaired) electrons. The molecule has 0 saturated heterocycles. The highest BCUT2D eigenvalue weighted by atomic mass is 32.2. The Morgan fingerprint density at radius 1 is 0.967 bits per heavy atom. The Bertz CT molecular complexity index is 1270. The molecule has 1 aliphatic heterocycles. The fraction of sp³-hybridized carbons (Fsp3) is 0.0833. The Kier molecular flexibility index (Phi) is 4.77. The molecule has 0 fully saturated rings. The van der Waals surface area contributed by atoms with Gasteiger partial charge in [-0.05, 0) is 41.5 Å². The van der Waals surface area contributed by atoms with Crippen LogP contribution in [-0.4, -0.2) is 9.78 Å². The minimum Gasteiger partial charge on any atom is -0.392 e. The molecule has 0 bridgehead atoms. The summed E-state index contributed by atoms with van der Waals surface area (Å²) >= 11 is 1.83. The lowest BCUT2D eigenvalue weighted by molar-refractivity contribution is 0.477. The summed E-state index contributed by atoms with van der Waals surface area (Å²) in [5, 5.41) is 7.89. The summed E-state index contributed by atoms with van der Waals surface area (Å²) < 4.78 is 6.27. The van der Waals surface area contributed by atoms with E-state index in [1.165, 1.54) is 15.1 Å². The molecule has 0 spiro atoms. The van der Waals surface area contributed by atoms with Crippen LogP contribution in [0.5, 0.6) is 0 Å². The second-order valence-electron chi connectivity index (χ2n) is 7.00. The quantitative estimate of drug-likeness (QED) is 0.485. The van der Waals surface area contributed by atoms with Crippen LogP contribution in [0.15, 0.2) is 99.0 Å². The number of hydrogen-bond acceptors (Lipinski definition) is 5. The minimum absolute atomic E-state index is 0.179. The summed E-state index contributed by atoms with van der Waals surface area (Å²) in [4.78, 5) is 13.1. The maximum atomic E-state index is 11.9. The number of rotatable bonds is 3. The third-order valence-electron chi connectivity index (χ3n) is 4.93. The van der Waals surface area contributed by atoms with Crippen molar-refractivity contribution >= 4 is 23.1 Å². The standard InChI is InChI=1S/C24H19N3O2S/c1-16-26-27(24(28)29-16)19-13-11-17(12-14-19)21-15-23(18-7-3-2-4-8-18)30-22-10-6-5-9-20(22)25-21/h2-15,23,25H,1H3. The summed E-state index contributed by atoms with van der Waals surface area (Å²) in [6.07, 6.45) is 2.25. The number of fused-ring (bicyclic) bond motifs is 1. The van der Waals surface area contributed by atoms with Crippen molar-refractivity contribution in [3.05, 3.63) is 113 Å². The zero-order chi connectivity index (χ0) is 20.5. The van der Waals surface area contributed by atoms with Crippen molar-refractivity contribution < 1.29 is 4.42 Å². The summed E-state index contributed by atoms with van der Waals surface area (Å²) in [5.41, 5.74) is 5.06. The first-order valence-electron chi connectivity index (χ1n) is 9.64. The maximum absolute atomic E-state index is 11.9. The van der Waals surface area contributed by atoms with E-state index in [0.29, 0.717) is 11.6 Å². The van der Waals surface area contributed by atoms with Gasteiger partial charge in [-0.25, -0.2) is 4.79 Å². The molecule has 3 aromatic carbocycles. The highest BCUT2D eigenvalue weighted by molar-refractivity contribution is 7.99. The second kappa shape index (κ2) is 7.72. The van der Waals surface area contributed by atoms with Gasteiger partial charge in [0.25, 0.3) is 0 Å². The van der Waals surface area contributed by atoms with Gasteiger partial charge in [-0.1, -0.05) is 54.6 Å². The predicted octanol–water partition coefficient (Wildman–Crippen LogP) is 5.43. The number of para-hydroxylation sites is 1. The molecular weight excluding hydrogens is 394 g/mol. The highest BCUT2D eigenvalue weighted by Crippen LogP contribution is 2.44. The van der Waals surface area contributed by atoms with E-state index in [9.17, 15) is 4.79 Å². The monoisotopic (exact) mass is 413 g/mol. The molecule has 1 aromatic heterocycles. The van der Waals surface area contributed by atoms with Crippen LogP contribution in [0, 0.1) is 6.92 Å². The average Bonchev–Trinajstić information content (AvgIpc) is 3.00. The topological polar surface area (TPSA) is 60.1 Å². The third-order valence-corrected chi connectivity index (χ3v) is 6.20. The van der Waals surface area contributed by atoms with Gasteiger partial charge in [0.15, 0.2) is 0 Å². The van der Waals surface area contributed by atoms with Crippen LogP contribution in [0.2, 0.25) is 0 Å². The van der Waals surface area contributed by atoms with Gasteiger partial charge in [-0.15, -0.1) is 16.9 Å². The molecule has 1 atom stereocenters. The van der Waals surface area contributed by atoms with Crippen molar-refractivity contribution in [2.24, 2.45) is 0 Å². The van der Waals surface area contributed by atoms with E-state index in [2.05, 4.69) is 59.0 Å². The molecule has 6 heteroatoms. The summed E-state index contributed by atoms with van der Waals surface area (Å²) in [5.74, 6) is -0.141. The number of aromatic nitrogens is 2. The molecule has 148 valence electrons. The molecule has 5 rings (SSSR count). The molecule has 4 aromatic rings. The molecule has 30 heavy (non-hydrogen) atoms. The van der Waals surface area contributed by atoms with Crippen LogP contribution < -0.4 is 11.1 Å². The largest absolute Gasteiger partial charge is 0.441 e. The first kappa shape index (κ1) is 18.5. The number of aryl methyl sites for hydroxylation is 1. The second-order valence-corrected chi connectivity index (χ2v) is 8.18. The Morgan fingerprint density at radius 3 is 2.43 bits per heavy atom. The zero-order valence-corrected chi connectivity index (χ0v) is 17.1. The maximum Gasteiger partial charge on any atom is 0.441 e. The fourth-order valence-corrected chi connectivity index (χ4v) is 4.65. The van der Waals surface area contributed by atoms with Crippen molar-refractivity contribution in [2.45, 2.75) is 17.1 Å². The van der Waals surface area contributed by atoms with E-state index in [1.54, 1.807) is 6.92 Å². The Labute approximate surface area is 178 Å². The molecule has 2 heterocycles. The summed E-state index contributed by atoms with van der Waals surface area (Å²) in [6.45, 7) is 1.66. The number of anilines is 1. The van der Waals surface area contributed by atoms with Gasteiger partial charge in [-0.3, -0.25) is 0 Å². The van der Waals surface area contributed by atoms with Crippen LogP contribution in [0.25, 0.3) is 11.4 Å². The normalized spacial score (nSPS) is 15.6. The lowest BCUT2D eigenvalue weighted by atomic mass is 10.1. The van der Waals surface area contributed by atoms with Crippen molar-refractivity contribution in [2.75, 3.05) is 5.32 Å². The van der Waals surface area contributed by atoms with Crippen LogP contribution in [-0.2, 0) is 0 Å². The van der Waals surface area contributed by atoms with Gasteiger partial charge < -0.3 is 9.73 Å². The first-order chi connectivity index (χ1) is 14.7. The number of nitrogens with zero attached hydrogens (tertiary/aromatic N) is 2. The van der Waals surface area contributed by atoms with Gasteiger partial charge >= 0.3 is 5.76 Å². The van der Waals surface area contributed by atoms with Crippen molar-refractivity contribution in [3.8, 4) is 5.69 Å². The van der Waals surface area contributed by atoms with Crippen molar-refractivity contribution in [1.29, 1.82) is 0 Å². The van der Waals surface area contributed by atoms with Gasteiger partial charge in [0.05, 0.1) is 16.6 Å². The van der Waals surface area contributed by atoms with E-state index >= 15 is 0 Å². The molecule has 1 unspecified atom stereocenters. The van der Waals surface area contributed by atoms with Crippen LogP contribution >= 0.6 is 11.8 Å². The first-order valence-corrected chi connectivity index (χ1v) is 10.5. The van der Waals surface area contributed by atoms with Crippen LogP contribution in [0.1, 0.15) is 22.3 Å². The van der Waals surface area contributed by atoms with Gasteiger partial charge in [0.1, 0.15) is 0 Å². The van der Waals surface area contributed by atoms with Crippen molar-refractivity contribution in [1.82, 2.24) is 9.78 Å². The SMILES string of the molecule is Cc1nn(-c2ccc(C3=CC(c4ccccc4)Sc4ccccc4N3)cc2)c(=O)o1. The molecule has 1 aliphatic rings. The number of benzene rings is 3. The summed E-state index contributed by atoms with van der Waals surface area (Å²) in [6, 6.07) is 26.6.